The lowest BCUT2D eigenvalue weighted by molar-refractivity contribution is -0.140. The second-order valence-electron chi connectivity index (χ2n) is 5.39. The molecule has 2 rings (SSSR count). The standard InChI is InChI=1S/C13H20N6O4.ClH.H2O/c1-7(2)8(12(21)22)15-3-4-23-6-19-5-16-9-10(19)17-13(14)18-11(9)20;;/h5,7-8,15H,3-4,6H2,1-2H3,(H,21,22)(H3,14,17,18,20);1H;1H2/t8-;;/m0../s1. The Bertz CT molecular complexity index is 746. The molecule has 142 valence electrons. The van der Waals surface area contributed by atoms with Gasteiger partial charge < -0.3 is 26.4 Å². The first-order valence-electron chi connectivity index (χ1n) is 7.14. The minimum atomic E-state index is -0.889. The molecule has 0 unspecified atom stereocenters. The predicted octanol–water partition coefficient (Wildman–Crippen LogP) is -1.03. The summed E-state index contributed by atoms with van der Waals surface area (Å²) in [7, 11) is 0. The zero-order valence-corrected chi connectivity index (χ0v) is 14.7. The van der Waals surface area contributed by atoms with E-state index in [1.165, 1.54) is 6.33 Å². The summed E-state index contributed by atoms with van der Waals surface area (Å²) < 4.78 is 7.00. The zero-order valence-electron chi connectivity index (χ0n) is 13.9. The van der Waals surface area contributed by atoms with Crippen LogP contribution in [0.2, 0.25) is 0 Å². The van der Waals surface area contributed by atoms with Gasteiger partial charge in [0.2, 0.25) is 5.95 Å². The number of nitrogens with one attached hydrogen (secondary N) is 2. The molecule has 0 radical (unpaired) electrons. The molecule has 2 aromatic rings. The molecule has 0 bridgehead atoms. The largest absolute Gasteiger partial charge is 0.480 e. The molecule has 25 heavy (non-hydrogen) atoms. The molecule has 0 fully saturated rings. The lowest BCUT2D eigenvalue weighted by Crippen LogP contribution is -2.42. The van der Waals surface area contributed by atoms with Crippen LogP contribution in [0.15, 0.2) is 11.1 Å². The molecule has 0 spiro atoms. The zero-order chi connectivity index (χ0) is 17.0. The normalized spacial score (nSPS) is 11.8. The fourth-order valence-corrected chi connectivity index (χ4v) is 2.12. The van der Waals surface area contributed by atoms with Crippen LogP contribution in [0.4, 0.5) is 5.95 Å². The molecule has 2 heterocycles. The number of carbonyl (C=O) groups is 1. The minimum absolute atomic E-state index is 0. The molecular formula is C13H23ClN6O5. The van der Waals surface area contributed by atoms with E-state index in [1.807, 2.05) is 13.8 Å². The Balaban J connectivity index is 0.00000288. The first kappa shape index (κ1) is 22.8. The maximum Gasteiger partial charge on any atom is 0.320 e. The Kier molecular flexibility index (Phi) is 9.06. The van der Waals surface area contributed by atoms with Gasteiger partial charge in [0.05, 0.1) is 12.9 Å². The summed E-state index contributed by atoms with van der Waals surface area (Å²) in [6.07, 6.45) is 1.44. The Hall–Kier alpha value is -2.21. The van der Waals surface area contributed by atoms with Crippen molar-refractivity contribution in [1.82, 2.24) is 24.8 Å². The van der Waals surface area contributed by atoms with Crippen LogP contribution in [-0.2, 0) is 16.3 Å². The number of halogens is 1. The quantitative estimate of drug-likeness (QED) is 0.421. The van der Waals surface area contributed by atoms with Crippen molar-refractivity contribution in [3.63, 3.8) is 0 Å². The van der Waals surface area contributed by atoms with E-state index in [0.29, 0.717) is 18.8 Å². The lowest BCUT2D eigenvalue weighted by Gasteiger charge is -2.17. The van der Waals surface area contributed by atoms with Gasteiger partial charge >= 0.3 is 5.97 Å². The second kappa shape index (κ2) is 9.93. The summed E-state index contributed by atoms with van der Waals surface area (Å²) in [6, 6.07) is -0.618. The maximum absolute atomic E-state index is 11.6. The lowest BCUT2D eigenvalue weighted by atomic mass is 10.1. The number of hydrogen-bond acceptors (Lipinski definition) is 7. The molecule has 0 aliphatic heterocycles. The maximum atomic E-state index is 11.6. The van der Waals surface area contributed by atoms with Crippen molar-refractivity contribution in [2.75, 3.05) is 18.9 Å². The van der Waals surface area contributed by atoms with E-state index in [0.717, 1.165) is 0 Å². The van der Waals surface area contributed by atoms with Gasteiger partial charge in [0.25, 0.3) is 5.56 Å². The fourth-order valence-electron chi connectivity index (χ4n) is 2.12. The Morgan fingerprint density at radius 1 is 1.52 bits per heavy atom. The Morgan fingerprint density at radius 3 is 2.80 bits per heavy atom. The number of aliphatic carboxylic acids is 1. The van der Waals surface area contributed by atoms with Crippen LogP contribution in [0.1, 0.15) is 13.8 Å². The van der Waals surface area contributed by atoms with Crippen molar-refractivity contribution in [1.29, 1.82) is 0 Å². The average Bonchev–Trinajstić information content (AvgIpc) is 2.85. The molecule has 1 atom stereocenters. The molecule has 0 aromatic carbocycles. The van der Waals surface area contributed by atoms with Crippen LogP contribution in [-0.4, -0.2) is 55.3 Å². The molecule has 0 saturated heterocycles. The number of ether oxygens (including phenoxy) is 1. The third-order valence-corrected chi connectivity index (χ3v) is 3.27. The van der Waals surface area contributed by atoms with Gasteiger partial charge in [-0.2, -0.15) is 4.98 Å². The van der Waals surface area contributed by atoms with Crippen molar-refractivity contribution >= 4 is 35.5 Å². The van der Waals surface area contributed by atoms with E-state index in [4.69, 9.17) is 15.6 Å². The van der Waals surface area contributed by atoms with Gasteiger partial charge in [0, 0.05) is 6.54 Å². The van der Waals surface area contributed by atoms with Crippen LogP contribution in [0.3, 0.4) is 0 Å². The molecule has 12 heteroatoms. The number of carboxylic acid groups (broad SMARTS) is 1. The van der Waals surface area contributed by atoms with Crippen LogP contribution >= 0.6 is 12.4 Å². The Labute approximate surface area is 149 Å². The molecule has 0 aliphatic rings. The third-order valence-electron chi connectivity index (χ3n) is 3.27. The van der Waals surface area contributed by atoms with Crippen molar-refractivity contribution in [2.45, 2.75) is 26.6 Å². The minimum Gasteiger partial charge on any atom is -0.480 e. The summed E-state index contributed by atoms with van der Waals surface area (Å²) in [5.74, 6) is -0.907. The van der Waals surface area contributed by atoms with Gasteiger partial charge in [-0.1, -0.05) is 13.8 Å². The highest BCUT2D eigenvalue weighted by Gasteiger charge is 2.20. The summed E-state index contributed by atoms with van der Waals surface area (Å²) in [6.45, 7) is 4.48. The number of imidazole rings is 1. The number of aromatic amines is 1. The molecule has 7 N–H and O–H groups in total. The van der Waals surface area contributed by atoms with Crippen LogP contribution in [0, 0.1) is 5.92 Å². The number of aromatic nitrogens is 4. The summed E-state index contributed by atoms with van der Waals surface area (Å²) in [4.78, 5) is 33.0. The highest BCUT2D eigenvalue weighted by Crippen LogP contribution is 2.06. The van der Waals surface area contributed by atoms with E-state index < -0.39 is 17.6 Å². The van der Waals surface area contributed by atoms with E-state index in [9.17, 15) is 9.59 Å². The van der Waals surface area contributed by atoms with Gasteiger partial charge in [-0.3, -0.25) is 19.1 Å². The Morgan fingerprint density at radius 2 is 2.20 bits per heavy atom. The number of rotatable bonds is 8. The number of anilines is 1. The first-order chi connectivity index (χ1) is 10.9. The van der Waals surface area contributed by atoms with Crippen LogP contribution in [0.25, 0.3) is 11.2 Å². The third kappa shape index (κ3) is 5.67. The van der Waals surface area contributed by atoms with E-state index >= 15 is 0 Å². The highest BCUT2D eigenvalue weighted by atomic mass is 35.5. The number of carboxylic acids is 1. The predicted molar refractivity (Wildman–Crippen MR) is 93.6 cm³/mol. The van der Waals surface area contributed by atoms with Crippen molar-refractivity contribution in [3.8, 4) is 0 Å². The van der Waals surface area contributed by atoms with E-state index in [1.54, 1.807) is 4.57 Å². The van der Waals surface area contributed by atoms with Crippen LogP contribution < -0.4 is 16.6 Å². The molecule has 0 aliphatic carbocycles. The summed E-state index contributed by atoms with van der Waals surface area (Å²) in [5, 5.41) is 12.0. The number of hydrogen-bond donors (Lipinski definition) is 4. The van der Waals surface area contributed by atoms with Gasteiger partial charge in [0.1, 0.15) is 12.8 Å². The number of nitrogen functional groups attached to an aromatic ring is 1. The summed E-state index contributed by atoms with van der Waals surface area (Å²) >= 11 is 0. The average molecular weight is 379 g/mol. The van der Waals surface area contributed by atoms with Gasteiger partial charge in [-0.15, -0.1) is 12.4 Å². The van der Waals surface area contributed by atoms with Crippen molar-refractivity contribution in [2.24, 2.45) is 5.92 Å². The molecule has 0 saturated carbocycles. The van der Waals surface area contributed by atoms with E-state index in [-0.39, 0.29) is 42.0 Å². The second-order valence-corrected chi connectivity index (χ2v) is 5.39. The molecule has 11 nitrogen and oxygen atoms in total. The van der Waals surface area contributed by atoms with Gasteiger partial charge in [-0.25, -0.2) is 4.98 Å². The molecule has 0 amide bonds. The SMILES string of the molecule is CC(C)[C@H](NCCOCn1cnc2c(=O)[nH]c(N)nc21)C(=O)O.Cl.O. The monoisotopic (exact) mass is 378 g/mol. The summed E-state index contributed by atoms with van der Waals surface area (Å²) in [5.41, 5.74) is 5.62. The molecule has 2 aromatic heterocycles. The topological polar surface area (TPSA) is 180 Å². The fraction of sp³-hybridized carbons (Fsp3) is 0.538. The number of nitrogens with zero attached hydrogens (tertiary/aromatic N) is 3. The smallest absolute Gasteiger partial charge is 0.320 e. The number of fused-ring (bicyclic) bond motifs is 1. The van der Waals surface area contributed by atoms with Crippen molar-refractivity contribution in [3.05, 3.63) is 16.7 Å². The van der Waals surface area contributed by atoms with Gasteiger partial charge in [-0.05, 0) is 5.92 Å². The number of H-pyrrole nitrogens is 1. The van der Waals surface area contributed by atoms with Crippen molar-refractivity contribution < 1.29 is 20.1 Å². The van der Waals surface area contributed by atoms with E-state index in [2.05, 4.69) is 20.3 Å². The number of nitrogens with two attached hydrogens (primary N) is 1. The van der Waals surface area contributed by atoms with Crippen LogP contribution in [0.5, 0.6) is 0 Å². The van der Waals surface area contributed by atoms with Gasteiger partial charge in [0.15, 0.2) is 11.2 Å². The molecular weight excluding hydrogens is 356 g/mol. The first-order valence-corrected chi connectivity index (χ1v) is 7.14. The highest BCUT2D eigenvalue weighted by molar-refractivity contribution is 5.85.